The van der Waals surface area contributed by atoms with Gasteiger partial charge in [0.25, 0.3) is 0 Å². The summed E-state index contributed by atoms with van der Waals surface area (Å²) in [6.45, 7) is 2.52. The summed E-state index contributed by atoms with van der Waals surface area (Å²) in [5.74, 6) is 0.831. The Morgan fingerprint density at radius 1 is 1.17 bits per heavy atom. The summed E-state index contributed by atoms with van der Waals surface area (Å²) in [6, 6.07) is 17.8. The number of carbonyl (C=O) groups excluding carboxylic acids is 1. The van der Waals surface area contributed by atoms with Crippen LogP contribution in [-0.2, 0) is 11.3 Å². The molecule has 4 rings (SSSR count). The number of nitrogens with one attached hydrogen (secondary N) is 1. The zero-order chi connectivity index (χ0) is 20.8. The van der Waals surface area contributed by atoms with E-state index in [4.69, 9.17) is 4.74 Å². The lowest BCUT2D eigenvalue weighted by Gasteiger charge is -2.25. The largest absolute Gasteiger partial charge is 0.497 e. The van der Waals surface area contributed by atoms with E-state index in [2.05, 4.69) is 27.6 Å². The fourth-order valence-corrected chi connectivity index (χ4v) is 3.57. The molecular weight excluding hydrogens is 376 g/mol. The van der Waals surface area contributed by atoms with Gasteiger partial charge in [-0.1, -0.05) is 36.4 Å². The highest BCUT2D eigenvalue weighted by Crippen LogP contribution is 2.22. The van der Waals surface area contributed by atoms with Crippen molar-refractivity contribution in [2.45, 2.75) is 13.0 Å². The minimum atomic E-state index is 0.0339. The van der Waals surface area contributed by atoms with Crippen LogP contribution < -0.4 is 10.1 Å². The van der Waals surface area contributed by atoms with Crippen molar-refractivity contribution < 1.29 is 9.53 Å². The Morgan fingerprint density at radius 2 is 2.03 bits per heavy atom. The molecule has 0 bridgehead atoms. The van der Waals surface area contributed by atoms with Crippen molar-refractivity contribution in [3.63, 3.8) is 0 Å². The first-order valence-electron chi connectivity index (χ1n) is 10.1. The lowest BCUT2D eigenvalue weighted by Crippen LogP contribution is -2.39. The van der Waals surface area contributed by atoms with Gasteiger partial charge in [0.2, 0.25) is 5.91 Å². The lowest BCUT2D eigenvalue weighted by molar-refractivity contribution is -0.122. The van der Waals surface area contributed by atoms with E-state index in [1.807, 2.05) is 65.5 Å². The average molecular weight is 402 g/mol. The van der Waals surface area contributed by atoms with E-state index < -0.39 is 0 Å². The molecule has 3 aromatic rings. The third-order valence-electron chi connectivity index (χ3n) is 5.26. The Kier molecular flexibility index (Phi) is 6.25. The number of para-hydroxylation sites is 1. The number of aromatic nitrogens is 2. The topological polar surface area (TPSA) is 59.4 Å². The third kappa shape index (κ3) is 4.96. The Morgan fingerprint density at radius 3 is 2.80 bits per heavy atom. The summed E-state index contributed by atoms with van der Waals surface area (Å²) in [5.41, 5.74) is 4.50. The highest BCUT2D eigenvalue weighted by molar-refractivity contribution is 5.78. The Balaban J connectivity index is 1.28. The van der Waals surface area contributed by atoms with E-state index in [-0.39, 0.29) is 5.91 Å². The van der Waals surface area contributed by atoms with E-state index in [1.165, 1.54) is 5.57 Å². The summed E-state index contributed by atoms with van der Waals surface area (Å²) in [7, 11) is 1.64. The van der Waals surface area contributed by atoms with Crippen molar-refractivity contribution >= 4 is 11.5 Å². The molecule has 6 nitrogen and oxygen atoms in total. The van der Waals surface area contributed by atoms with Crippen molar-refractivity contribution in [1.29, 1.82) is 0 Å². The number of methoxy groups -OCH3 is 1. The van der Waals surface area contributed by atoms with Gasteiger partial charge in [-0.3, -0.25) is 9.69 Å². The number of nitrogens with zero attached hydrogens (tertiary/aromatic N) is 3. The zero-order valence-electron chi connectivity index (χ0n) is 17.1. The van der Waals surface area contributed by atoms with Gasteiger partial charge in [-0.2, -0.15) is 5.10 Å². The van der Waals surface area contributed by atoms with Gasteiger partial charge in [-0.05, 0) is 41.8 Å². The van der Waals surface area contributed by atoms with Gasteiger partial charge in [0.05, 0.1) is 25.5 Å². The molecule has 0 radical (unpaired) electrons. The summed E-state index contributed by atoms with van der Waals surface area (Å²) in [4.78, 5) is 14.5. The number of ether oxygens (including phenoxy) is 1. The predicted octanol–water partition coefficient (Wildman–Crippen LogP) is 3.29. The fraction of sp³-hybridized carbons (Fsp3) is 0.250. The first-order valence-corrected chi connectivity index (χ1v) is 10.1. The van der Waals surface area contributed by atoms with Crippen LogP contribution in [0.25, 0.3) is 11.3 Å². The minimum Gasteiger partial charge on any atom is -0.497 e. The second-order valence-electron chi connectivity index (χ2n) is 7.35. The molecule has 0 spiro atoms. The van der Waals surface area contributed by atoms with E-state index in [9.17, 15) is 4.79 Å². The lowest BCUT2D eigenvalue weighted by atomic mass is 10.0. The molecule has 0 aliphatic carbocycles. The van der Waals surface area contributed by atoms with Crippen molar-refractivity contribution in [3.05, 3.63) is 84.2 Å². The molecule has 1 N–H and O–H groups in total. The smallest absolute Gasteiger partial charge is 0.234 e. The first kappa shape index (κ1) is 19.9. The molecule has 1 amide bonds. The van der Waals surface area contributed by atoms with Crippen LogP contribution in [-0.4, -0.2) is 47.3 Å². The maximum absolute atomic E-state index is 12.3. The number of carbonyl (C=O) groups is 1. The normalized spacial score (nSPS) is 14.2. The molecule has 1 aromatic heterocycles. The standard InChI is InChI=1S/C24H26N4O2/c1-30-23-9-5-6-19(14-23)15-25-24(29)18-27-12-10-20(11-13-27)21-16-26-28(17-21)22-7-3-2-4-8-22/h2-10,14,16-17H,11-13,15,18H2,1H3,(H,25,29). The van der Waals surface area contributed by atoms with Gasteiger partial charge in [-0.15, -0.1) is 0 Å². The predicted molar refractivity (Wildman–Crippen MR) is 117 cm³/mol. The molecule has 1 aliphatic rings. The van der Waals surface area contributed by atoms with Gasteiger partial charge in [0.1, 0.15) is 5.75 Å². The summed E-state index contributed by atoms with van der Waals surface area (Å²) in [5, 5.41) is 7.48. The number of hydrogen-bond donors (Lipinski definition) is 1. The van der Waals surface area contributed by atoms with Crippen LogP contribution in [0.3, 0.4) is 0 Å². The van der Waals surface area contributed by atoms with Crippen LogP contribution in [0.2, 0.25) is 0 Å². The van der Waals surface area contributed by atoms with Crippen LogP contribution >= 0.6 is 0 Å². The van der Waals surface area contributed by atoms with Gasteiger partial charge in [0, 0.05) is 31.4 Å². The molecule has 0 fully saturated rings. The highest BCUT2D eigenvalue weighted by Gasteiger charge is 2.16. The van der Waals surface area contributed by atoms with Crippen LogP contribution in [0, 0.1) is 0 Å². The van der Waals surface area contributed by atoms with Crippen LogP contribution in [0.5, 0.6) is 5.75 Å². The quantitative estimate of drug-likeness (QED) is 0.659. The Hall–Kier alpha value is -3.38. The molecule has 0 saturated carbocycles. The van der Waals surface area contributed by atoms with Crippen molar-refractivity contribution in [3.8, 4) is 11.4 Å². The molecular formula is C24H26N4O2. The van der Waals surface area contributed by atoms with Gasteiger partial charge in [-0.25, -0.2) is 4.68 Å². The summed E-state index contributed by atoms with van der Waals surface area (Å²) in [6.07, 6.45) is 7.09. The SMILES string of the molecule is COc1cccc(CNC(=O)CN2CC=C(c3cnn(-c4ccccc4)c3)CC2)c1. The second-order valence-corrected chi connectivity index (χ2v) is 7.35. The van der Waals surface area contributed by atoms with Crippen molar-refractivity contribution in [1.82, 2.24) is 20.0 Å². The molecule has 2 aromatic carbocycles. The van der Waals surface area contributed by atoms with Crippen LogP contribution in [0.15, 0.2) is 73.1 Å². The molecule has 1 aliphatic heterocycles. The molecule has 30 heavy (non-hydrogen) atoms. The highest BCUT2D eigenvalue weighted by atomic mass is 16.5. The molecule has 2 heterocycles. The van der Waals surface area contributed by atoms with Gasteiger partial charge >= 0.3 is 0 Å². The monoisotopic (exact) mass is 402 g/mol. The molecule has 0 saturated heterocycles. The van der Waals surface area contributed by atoms with E-state index in [1.54, 1.807) is 7.11 Å². The van der Waals surface area contributed by atoms with Crippen molar-refractivity contribution in [2.75, 3.05) is 26.7 Å². The Labute approximate surface area is 176 Å². The number of hydrogen-bond acceptors (Lipinski definition) is 4. The van der Waals surface area contributed by atoms with E-state index in [0.717, 1.165) is 42.1 Å². The fourth-order valence-electron chi connectivity index (χ4n) is 3.57. The summed E-state index contributed by atoms with van der Waals surface area (Å²) >= 11 is 0. The van der Waals surface area contributed by atoms with Crippen molar-refractivity contribution in [2.24, 2.45) is 0 Å². The zero-order valence-corrected chi connectivity index (χ0v) is 17.1. The number of benzene rings is 2. The maximum atomic E-state index is 12.3. The van der Waals surface area contributed by atoms with Gasteiger partial charge < -0.3 is 10.1 Å². The molecule has 6 heteroatoms. The number of rotatable bonds is 7. The van der Waals surface area contributed by atoms with Gasteiger partial charge in [0.15, 0.2) is 0 Å². The molecule has 0 unspecified atom stereocenters. The number of amides is 1. The van der Waals surface area contributed by atoms with E-state index >= 15 is 0 Å². The Bertz CT molecular complexity index is 1030. The maximum Gasteiger partial charge on any atom is 0.234 e. The summed E-state index contributed by atoms with van der Waals surface area (Å²) < 4.78 is 7.12. The molecule has 0 atom stereocenters. The second kappa shape index (κ2) is 9.41. The third-order valence-corrected chi connectivity index (χ3v) is 5.26. The average Bonchev–Trinajstić information content (AvgIpc) is 3.29. The molecule has 154 valence electrons. The first-order chi connectivity index (χ1) is 14.7. The van der Waals surface area contributed by atoms with Crippen LogP contribution in [0.4, 0.5) is 0 Å². The minimum absolute atomic E-state index is 0.0339. The van der Waals surface area contributed by atoms with E-state index in [0.29, 0.717) is 13.1 Å². The van der Waals surface area contributed by atoms with Crippen LogP contribution in [0.1, 0.15) is 17.5 Å².